The lowest BCUT2D eigenvalue weighted by Gasteiger charge is -2.37. The van der Waals surface area contributed by atoms with Gasteiger partial charge < -0.3 is 4.90 Å². The predicted molar refractivity (Wildman–Crippen MR) is 73.6 cm³/mol. The van der Waals surface area contributed by atoms with Gasteiger partial charge in [0, 0.05) is 12.1 Å². The molecule has 2 fully saturated rings. The van der Waals surface area contributed by atoms with E-state index in [4.69, 9.17) is 0 Å². The third-order valence-corrected chi connectivity index (χ3v) is 4.66. The van der Waals surface area contributed by atoms with Crippen molar-refractivity contribution in [3.63, 3.8) is 0 Å². The molecule has 3 rings (SSSR count). The number of benzene rings is 1. The smallest absolute Gasteiger partial charge is 0.149 e. The molecule has 2 heterocycles. The summed E-state index contributed by atoms with van der Waals surface area (Å²) in [6.07, 6.45) is 5.49. The van der Waals surface area contributed by atoms with E-state index in [1.807, 2.05) is 18.7 Å². The number of halogens is 2. The van der Waals surface area contributed by atoms with Crippen LogP contribution in [0.4, 0.5) is 14.5 Å². The van der Waals surface area contributed by atoms with Gasteiger partial charge in [-0.2, -0.15) is 0 Å². The van der Waals surface area contributed by atoms with Gasteiger partial charge in [-0.05, 0) is 55.7 Å². The fourth-order valence-electron chi connectivity index (χ4n) is 3.65. The Bertz CT molecular complexity index is 445. The monoisotopic (exact) mass is 265 g/mol. The van der Waals surface area contributed by atoms with Crippen molar-refractivity contribution in [2.24, 2.45) is 0 Å². The Morgan fingerprint density at radius 3 is 2.00 bits per heavy atom. The molecule has 2 aliphatic rings. The Hall–Kier alpha value is -1.12. The van der Waals surface area contributed by atoms with Crippen molar-refractivity contribution in [1.82, 2.24) is 0 Å². The fraction of sp³-hybridized carbons (Fsp3) is 0.625. The quantitative estimate of drug-likeness (QED) is 0.754. The number of hydrogen-bond donors (Lipinski definition) is 0. The molecule has 19 heavy (non-hydrogen) atoms. The molecule has 2 unspecified atom stereocenters. The lowest BCUT2D eigenvalue weighted by Crippen LogP contribution is -2.40. The molecular weight excluding hydrogens is 244 g/mol. The van der Waals surface area contributed by atoms with E-state index in [1.54, 1.807) is 0 Å². The molecule has 2 aliphatic heterocycles. The number of hydrogen-bond acceptors (Lipinski definition) is 1. The van der Waals surface area contributed by atoms with E-state index in [9.17, 15) is 8.78 Å². The van der Waals surface area contributed by atoms with E-state index in [0.717, 1.165) is 31.2 Å². The first-order valence-corrected chi connectivity index (χ1v) is 7.35. The van der Waals surface area contributed by atoms with Gasteiger partial charge in [0.1, 0.15) is 17.3 Å². The summed E-state index contributed by atoms with van der Waals surface area (Å²) in [7, 11) is 0. The molecule has 1 aromatic rings. The number of fused-ring (bicyclic) bond motifs is 2. The van der Waals surface area contributed by atoms with Crippen LogP contribution in [0.15, 0.2) is 12.1 Å². The molecule has 1 aromatic carbocycles. The average Bonchev–Trinajstić information content (AvgIpc) is 2.59. The Kier molecular flexibility index (Phi) is 3.23. The van der Waals surface area contributed by atoms with Crippen LogP contribution >= 0.6 is 0 Å². The molecule has 3 heteroatoms. The Balaban J connectivity index is 2.01. The van der Waals surface area contributed by atoms with Crippen LogP contribution in [0.3, 0.4) is 0 Å². The topological polar surface area (TPSA) is 3.24 Å². The molecule has 104 valence electrons. The van der Waals surface area contributed by atoms with Crippen LogP contribution in [0.25, 0.3) is 0 Å². The summed E-state index contributed by atoms with van der Waals surface area (Å²) in [6, 6.07) is 3.70. The summed E-state index contributed by atoms with van der Waals surface area (Å²) in [6.45, 7) is 3.91. The summed E-state index contributed by atoms with van der Waals surface area (Å²) in [5.74, 6) is -0.624. The van der Waals surface area contributed by atoms with Crippen LogP contribution in [-0.4, -0.2) is 12.1 Å². The van der Waals surface area contributed by atoms with E-state index >= 15 is 0 Å². The summed E-state index contributed by atoms with van der Waals surface area (Å²) in [5.41, 5.74) is 0.958. The van der Waals surface area contributed by atoms with E-state index in [1.165, 1.54) is 18.6 Å². The molecule has 0 amide bonds. The van der Waals surface area contributed by atoms with Gasteiger partial charge in [-0.1, -0.05) is 13.8 Å². The van der Waals surface area contributed by atoms with Gasteiger partial charge in [0.15, 0.2) is 0 Å². The molecule has 2 bridgehead atoms. The van der Waals surface area contributed by atoms with Gasteiger partial charge in [0.25, 0.3) is 0 Å². The lowest BCUT2D eigenvalue weighted by atomic mass is 9.99. The van der Waals surface area contributed by atoms with Crippen molar-refractivity contribution < 1.29 is 8.78 Å². The summed E-state index contributed by atoms with van der Waals surface area (Å²) in [5, 5.41) is 0. The van der Waals surface area contributed by atoms with Crippen molar-refractivity contribution in [1.29, 1.82) is 0 Å². The van der Waals surface area contributed by atoms with Gasteiger partial charge in [0.2, 0.25) is 0 Å². The first-order valence-electron chi connectivity index (χ1n) is 7.35. The molecule has 0 aliphatic carbocycles. The van der Waals surface area contributed by atoms with Gasteiger partial charge >= 0.3 is 0 Å². The third-order valence-electron chi connectivity index (χ3n) is 4.66. The number of piperidine rings is 1. The zero-order valence-electron chi connectivity index (χ0n) is 11.6. The first kappa shape index (κ1) is 12.9. The van der Waals surface area contributed by atoms with Gasteiger partial charge in [-0.15, -0.1) is 0 Å². The minimum absolute atomic E-state index is 0.149. The molecule has 0 spiro atoms. The second-order valence-electron chi connectivity index (χ2n) is 6.21. The van der Waals surface area contributed by atoms with Crippen LogP contribution in [0, 0.1) is 11.6 Å². The van der Waals surface area contributed by atoms with Crippen molar-refractivity contribution in [3.8, 4) is 0 Å². The molecule has 2 saturated heterocycles. The zero-order valence-corrected chi connectivity index (χ0v) is 11.6. The highest BCUT2D eigenvalue weighted by Gasteiger charge is 2.39. The highest BCUT2D eigenvalue weighted by molar-refractivity contribution is 5.54. The van der Waals surface area contributed by atoms with Crippen LogP contribution in [0.2, 0.25) is 0 Å². The number of anilines is 1. The molecule has 0 saturated carbocycles. The standard InChI is InChI=1S/C16H21F2N/c1-10(2)11-8-14(17)16(15(18)9-11)19-12-4-3-5-13(19)7-6-12/h8-10,12-13H,3-7H2,1-2H3. The summed E-state index contributed by atoms with van der Waals surface area (Å²) in [4.78, 5) is 2.03. The van der Waals surface area contributed by atoms with Crippen LogP contribution in [0.5, 0.6) is 0 Å². The van der Waals surface area contributed by atoms with Crippen molar-refractivity contribution >= 4 is 5.69 Å². The highest BCUT2D eigenvalue weighted by atomic mass is 19.1. The second kappa shape index (κ2) is 4.77. The summed E-state index contributed by atoms with van der Waals surface area (Å²) >= 11 is 0. The normalized spacial score (nSPS) is 26.3. The predicted octanol–water partition coefficient (Wildman–Crippen LogP) is 4.61. The van der Waals surface area contributed by atoms with Gasteiger partial charge in [0.05, 0.1) is 0 Å². The Labute approximate surface area is 113 Å². The SMILES string of the molecule is CC(C)c1cc(F)c(N2C3CCCC2CC3)c(F)c1. The molecule has 0 radical (unpaired) electrons. The maximum absolute atomic E-state index is 14.3. The number of rotatable bonds is 2. The molecule has 0 N–H and O–H groups in total. The number of nitrogens with zero attached hydrogens (tertiary/aromatic N) is 1. The fourth-order valence-corrected chi connectivity index (χ4v) is 3.65. The second-order valence-corrected chi connectivity index (χ2v) is 6.21. The molecule has 1 nitrogen and oxygen atoms in total. The maximum Gasteiger partial charge on any atom is 0.149 e. The highest BCUT2D eigenvalue weighted by Crippen LogP contribution is 2.41. The van der Waals surface area contributed by atoms with Gasteiger partial charge in [-0.25, -0.2) is 8.78 Å². The van der Waals surface area contributed by atoms with Crippen LogP contribution in [0.1, 0.15) is 57.4 Å². The summed E-state index contributed by atoms with van der Waals surface area (Å²) < 4.78 is 28.7. The molecule has 0 aromatic heterocycles. The van der Waals surface area contributed by atoms with Crippen molar-refractivity contribution in [2.45, 2.75) is 64.0 Å². The van der Waals surface area contributed by atoms with Crippen molar-refractivity contribution in [2.75, 3.05) is 4.90 Å². The van der Waals surface area contributed by atoms with E-state index < -0.39 is 0 Å². The third kappa shape index (κ3) is 2.13. The molecular formula is C16H21F2N. The zero-order chi connectivity index (χ0) is 13.6. The van der Waals surface area contributed by atoms with Crippen LogP contribution < -0.4 is 4.90 Å². The largest absolute Gasteiger partial charge is 0.361 e. The molecule has 2 atom stereocenters. The van der Waals surface area contributed by atoms with E-state index in [-0.39, 0.29) is 23.2 Å². The first-order chi connectivity index (χ1) is 9.08. The van der Waals surface area contributed by atoms with E-state index in [2.05, 4.69) is 0 Å². The minimum Gasteiger partial charge on any atom is -0.361 e. The van der Waals surface area contributed by atoms with Gasteiger partial charge in [-0.3, -0.25) is 0 Å². The Morgan fingerprint density at radius 1 is 1.00 bits per heavy atom. The van der Waals surface area contributed by atoms with E-state index in [0.29, 0.717) is 12.1 Å². The average molecular weight is 265 g/mol. The maximum atomic E-state index is 14.3. The Morgan fingerprint density at radius 2 is 1.53 bits per heavy atom. The minimum atomic E-state index is -0.387. The van der Waals surface area contributed by atoms with Crippen molar-refractivity contribution in [3.05, 3.63) is 29.3 Å². The van der Waals surface area contributed by atoms with Crippen LogP contribution in [-0.2, 0) is 0 Å². The lowest BCUT2D eigenvalue weighted by molar-refractivity contribution is 0.448.